The van der Waals surface area contributed by atoms with Crippen LogP contribution in [0.15, 0.2) is 4.99 Å². The Kier molecular flexibility index (Phi) is 13.5. The maximum Gasteiger partial charge on any atom is 0.327 e. The zero-order valence-electron chi connectivity index (χ0n) is 18.5. The number of aliphatic carboxylic acids is 2. The highest BCUT2D eigenvalue weighted by molar-refractivity contribution is 7.80. The van der Waals surface area contributed by atoms with Gasteiger partial charge in [-0.05, 0) is 18.8 Å². The predicted molar refractivity (Wildman–Crippen MR) is 122 cm³/mol. The van der Waals surface area contributed by atoms with Crippen molar-refractivity contribution in [2.75, 3.05) is 12.3 Å². The van der Waals surface area contributed by atoms with Crippen LogP contribution in [0.3, 0.4) is 0 Å². The molecule has 0 aliphatic heterocycles. The van der Waals surface area contributed by atoms with Gasteiger partial charge in [-0.25, -0.2) is 4.79 Å². The fourth-order valence-corrected chi connectivity index (χ4v) is 2.80. The third-order valence-corrected chi connectivity index (χ3v) is 4.73. The fourth-order valence-electron chi connectivity index (χ4n) is 2.55. The van der Waals surface area contributed by atoms with Crippen LogP contribution in [-0.2, 0) is 24.0 Å². The maximum absolute atomic E-state index is 12.7. The lowest BCUT2D eigenvalue weighted by atomic mass is 10.0. The number of nitrogens with zero attached hydrogens (tertiary/aromatic N) is 1. The van der Waals surface area contributed by atoms with Crippen LogP contribution in [0, 0.1) is 5.92 Å². The smallest absolute Gasteiger partial charge is 0.327 e. The minimum Gasteiger partial charge on any atom is -0.481 e. The van der Waals surface area contributed by atoms with Crippen molar-refractivity contribution in [3.05, 3.63) is 0 Å². The van der Waals surface area contributed by atoms with Crippen molar-refractivity contribution in [1.82, 2.24) is 16.0 Å². The normalized spacial score (nSPS) is 14.3. The summed E-state index contributed by atoms with van der Waals surface area (Å²) in [6.07, 6.45) is -0.152. The number of hydrogen-bond donors (Lipinski definition) is 9. The molecule has 0 spiro atoms. The van der Waals surface area contributed by atoms with Crippen LogP contribution in [-0.4, -0.2) is 82.3 Å². The number of hydrogen-bond acceptors (Lipinski definition) is 8. The van der Waals surface area contributed by atoms with Gasteiger partial charge in [0.05, 0.1) is 12.5 Å². The molecule has 0 saturated carbocycles. The Hall–Kier alpha value is -3.07. The third-order valence-electron chi connectivity index (χ3n) is 4.36. The van der Waals surface area contributed by atoms with Crippen LogP contribution >= 0.6 is 12.6 Å². The first kappa shape index (κ1) is 29.9. The van der Waals surface area contributed by atoms with Gasteiger partial charge in [0.2, 0.25) is 17.7 Å². The number of amides is 3. The van der Waals surface area contributed by atoms with E-state index in [9.17, 15) is 24.0 Å². The molecule has 4 atom stereocenters. The van der Waals surface area contributed by atoms with Gasteiger partial charge >= 0.3 is 11.9 Å². The Morgan fingerprint density at radius 3 is 1.97 bits per heavy atom. The van der Waals surface area contributed by atoms with Crippen LogP contribution in [0.4, 0.5) is 0 Å². The Bertz CT molecular complexity index is 744. The van der Waals surface area contributed by atoms with Crippen LogP contribution in [0.25, 0.3) is 0 Å². The number of nitrogens with two attached hydrogens (primary N) is 3. The molecule has 0 aliphatic carbocycles. The van der Waals surface area contributed by atoms with E-state index in [0.29, 0.717) is 6.42 Å². The van der Waals surface area contributed by atoms with Gasteiger partial charge < -0.3 is 43.4 Å². The lowest BCUT2D eigenvalue weighted by Gasteiger charge is -2.26. The highest BCUT2D eigenvalue weighted by Gasteiger charge is 2.32. The second-order valence-corrected chi connectivity index (χ2v) is 7.89. The van der Waals surface area contributed by atoms with Crippen LogP contribution in [0.1, 0.15) is 33.1 Å². The minimum absolute atomic E-state index is 0.0893. The summed E-state index contributed by atoms with van der Waals surface area (Å²) in [5.74, 6) is -6.04. The zero-order chi connectivity index (χ0) is 25.7. The lowest BCUT2D eigenvalue weighted by Crippen LogP contribution is -2.58. The Labute approximate surface area is 196 Å². The molecule has 188 valence electrons. The third kappa shape index (κ3) is 11.9. The fraction of sp³-hybridized carbons (Fsp3) is 0.667. The lowest BCUT2D eigenvalue weighted by molar-refractivity contribution is -0.143. The van der Waals surface area contributed by atoms with E-state index in [-0.39, 0.29) is 24.7 Å². The highest BCUT2D eigenvalue weighted by atomic mass is 32.1. The van der Waals surface area contributed by atoms with E-state index in [0.717, 1.165) is 0 Å². The predicted octanol–water partition coefficient (Wildman–Crippen LogP) is -3.03. The van der Waals surface area contributed by atoms with Gasteiger partial charge in [-0.15, -0.1) is 0 Å². The van der Waals surface area contributed by atoms with Crippen molar-refractivity contribution < 1.29 is 34.2 Å². The molecule has 15 heteroatoms. The summed E-state index contributed by atoms with van der Waals surface area (Å²) in [5, 5.41) is 25.0. The second kappa shape index (κ2) is 14.9. The number of guanidine groups is 1. The molecular formula is C18H33N7O7S. The number of carboxylic acids is 2. The van der Waals surface area contributed by atoms with Crippen LogP contribution in [0.2, 0.25) is 0 Å². The average molecular weight is 492 g/mol. The largest absolute Gasteiger partial charge is 0.481 e. The number of carbonyl (C=O) groups excluding carboxylic acids is 3. The molecule has 0 bridgehead atoms. The molecule has 4 unspecified atom stereocenters. The Morgan fingerprint density at radius 2 is 1.52 bits per heavy atom. The molecule has 0 fully saturated rings. The average Bonchev–Trinajstić information content (AvgIpc) is 2.70. The number of carboxylic acid groups (broad SMARTS) is 2. The SMILES string of the molecule is CC(C)C(NC(=O)C(N)CCCN=C(N)N)C(=O)NC(CC(=O)O)C(=O)NC(CS)C(=O)O. The van der Waals surface area contributed by atoms with Gasteiger partial charge in [-0.3, -0.25) is 24.2 Å². The molecule has 0 saturated heterocycles. The number of carbonyl (C=O) groups is 5. The van der Waals surface area contributed by atoms with Crippen molar-refractivity contribution in [2.24, 2.45) is 28.1 Å². The summed E-state index contributed by atoms with van der Waals surface area (Å²) in [4.78, 5) is 63.6. The van der Waals surface area contributed by atoms with Crippen molar-refractivity contribution in [3.8, 4) is 0 Å². The quantitative estimate of drug-likeness (QED) is 0.0484. The van der Waals surface area contributed by atoms with Gasteiger partial charge in [0.1, 0.15) is 18.1 Å². The van der Waals surface area contributed by atoms with Gasteiger partial charge in [0.15, 0.2) is 5.96 Å². The molecule has 0 aromatic rings. The molecule has 11 N–H and O–H groups in total. The second-order valence-electron chi connectivity index (χ2n) is 7.53. The van der Waals surface area contributed by atoms with Crippen molar-refractivity contribution in [1.29, 1.82) is 0 Å². The number of thiol groups is 1. The van der Waals surface area contributed by atoms with Crippen molar-refractivity contribution >= 4 is 48.2 Å². The van der Waals surface area contributed by atoms with E-state index in [4.69, 9.17) is 27.4 Å². The topological polar surface area (TPSA) is 252 Å². The summed E-state index contributed by atoms with van der Waals surface area (Å²) in [5.41, 5.74) is 16.3. The van der Waals surface area contributed by atoms with Gasteiger partial charge in [0.25, 0.3) is 0 Å². The van der Waals surface area contributed by atoms with Crippen LogP contribution < -0.4 is 33.2 Å². The summed E-state index contributed by atoms with van der Waals surface area (Å²) in [6, 6.07) is -5.06. The monoisotopic (exact) mass is 491 g/mol. The van der Waals surface area contributed by atoms with E-state index in [1.165, 1.54) is 0 Å². The molecule has 0 radical (unpaired) electrons. The molecule has 0 aromatic heterocycles. The Balaban J connectivity index is 5.23. The molecule has 0 heterocycles. The standard InChI is InChI=1S/C18H33N7O7S/c1-8(2)13(25-14(28)9(19)4-3-5-22-18(20)21)16(30)23-10(6-12(26)27)15(29)24-11(7-33)17(31)32/h8-11,13,33H,3-7,19H2,1-2H3,(H,23,30)(H,24,29)(H,25,28)(H,26,27)(H,31,32)(H4,20,21,22). The molecular weight excluding hydrogens is 458 g/mol. The van der Waals surface area contributed by atoms with Crippen molar-refractivity contribution in [3.63, 3.8) is 0 Å². The summed E-state index contributed by atoms with van der Waals surface area (Å²) in [7, 11) is 0. The number of aliphatic imine (C=N–C) groups is 1. The first-order valence-corrected chi connectivity index (χ1v) is 10.7. The summed E-state index contributed by atoms with van der Waals surface area (Å²) in [6.45, 7) is 3.53. The molecule has 0 aliphatic rings. The molecule has 3 amide bonds. The first-order valence-electron chi connectivity index (χ1n) is 10.1. The van der Waals surface area contributed by atoms with Gasteiger partial charge in [-0.1, -0.05) is 13.8 Å². The molecule has 0 rings (SSSR count). The minimum atomic E-state index is -1.58. The van der Waals surface area contributed by atoms with E-state index in [2.05, 4.69) is 33.6 Å². The number of rotatable bonds is 15. The van der Waals surface area contributed by atoms with Crippen molar-refractivity contribution in [2.45, 2.75) is 57.3 Å². The molecule has 14 nitrogen and oxygen atoms in total. The summed E-state index contributed by atoms with van der Waals surface area (Å²) >= 11 is 3.82. The molecule has 0 aromatic carbocycles. The van der Waals surface area contributed by atoms with Crippen LogP contribution in [0.5, 0.6) is 0 Å². The first-order chi connectivity index (χ1) is 15.3. The van der Waals surface area contributed by atoms with E-state index in [1.807, 2.05) is 0 Å². The highest BCUT2D eigenvalue weighted by Crippen LogP contribution is 2.06. The van der Waals surface area contributed by atoms with Gasteiger partial charge in [0, 0.05) is 12.3 Å². The van der Waals surface area contributed by atoms with E-state index >= 15 is 0 Å². The van der Waals surface area contributed by atoms with E-state index in [1.54, 1.807) is 13.8 Å². The molecule has 33 heavy (non-hydrogen) atoms. The maximum atomic E-state index is 12.7. The zero-order valence-corrected chi connectivity index (χ0v) is 19.4. The summed E-state index contributed by atoms with van der Waals surface area (Å²) < 4.78 is 0. The van der Waals surface area contributed by atoms with Gasteiger partial charge in [-0.2, -0.15) is 12.6 Å². The van der Waals surface area contributed by atoms with E-state index < -0.39 is 66.2 Å². The number of nitrogens with one attached hydrogen (secondary N) is 3. The Morgan fingerprint density at radius 1 is 0.939 bits per heavy atom.